The van der Waals surface area contributed by atoms with Gasteiger partial charge in [0.15, 0.2) is 0 Å². The summed E-state index contributed by atoms with van der Waals surface area (Å²) in [5, 5.41) is 0.755. The molecule has 1 unspecified atom stereocenters. The lowest BCUT2D eigenvalue weighted by molar-refractivity contribution is 0.0224. The predicted octanol–water partition coefficient (Wildman–Crippen LogP) is 4.08. The largest absolute Gasteiger partial charge is 0.372 e. The zero-order valence-electron chi connectivity index (χ0n) is 9.16. The summed E-state index contributed by atoms with van der Waals surface area (Å²) in [7, 11) is 0. The summed E-state index contributed by atoms with van der Waals surface area (Å²) in [4.78, 5) is 0. The molecule has 0 N–H and O–H groups in total. The molecule has 0 aliphatic heterocycles. The Morgan fingerprint density at radius 3 is 2.50 bits per heavy atom. The van der Waals surface area contributed by atoms with Crippen molar-refractivity contribution in [2.24, 2.45) is 5.92 Å². The van der Waals surface area contributed by atoms with Crippen molar-refractivity contribution in [3.05, 3.63) is 35.6 Å². The zero-order valence-corrected chi connectivity index (χ0v) is 10.7. The first-order chi connectivity index (χ1) is 7.79. The fourth-order valence-electron chi connectivity index (χ4n) is 1.82. The van der Waals surface area contributed by atoms with Gasteiger partial charge in [0, 0.05) is 5.33 Å². The van der Waals surface area contributed by atoms with E-state index < -0.39 is 0 Å². The zero-order chi connectivity index (χ0) is 11.4. The Bertz CT molecular complexity index is 321. The van der Waals surface area contributed by atoms with Gasteiger partial charge in [-0.2, -0.15) is 0 Å². The maximum Gasteiger partial charge on any atom is 0.123 e. The molecule has 0 amide bonds. The molecule has 2 rings (SSSR count). The van der Waals surface area contributed by atoms with E-state index in [1.54, 1.807) is 12.1 Å². The number of benzene rings is 1. The Balaban J connectivity index is 1.90. The third-order valence-electron chi connectivity index (χ3n) is 3.14. The van der Waals surface area contributed by atoms with E-state index in [-0.39, 0.29) is 11.9 Å². The summed E-state index contributed by atoms with van der Waals surface area (Å²) in [6.45, 7) is 0.827. The van der Waals surface area contributed by atoms with Crippen molar-refractivity contribution >= 4 is 15.9 Å². The highest BCUT2D eigenvalue weighted by Gasteiger charge is 2.20. The first kappa shape index (κ1) is 12.1. The average molecular weight is 287 g/mol. The Morgan fingerprint density at radius 1 is 1.31 bits per heavy atom. The molecule has 0 heterocycles. The molecule has 16 heavy (non-hydrogen) atoms. The minimum Gasteiger partial charge on any atom is -0.372 e. The molecule has 1 aromatic rings. The summed E-state index contributed by atoms with van der Waals surface area (Å²) in [6.07, 6.45) is 3.96. The van der Waals surface area contributed by atoms with Gasteiger partial charge in [0.25, 0.3) is 0 Å². The van der Waals surface area contributed by atoms with E-state index in [1.165, 1.54) is 31.4 Å². The number of halogens is 2. The number of alkyl halides is 1. The molecule has 1 saturated carbocycles. The van der Waals surface area contributed by atoms with E-state index in [4.69, 9.17) is 4.74 Å². The van der Waals surface area contributed by atoms with Crippen LogP contribution in [0.25, 0.3) is 0 Å². The average Bonchev–Trinajstić information content (AvgIpc) is 2.24. The summed E-state index contributed by atoms with van der Waals surface area (Å²) in [6, 6.07) is 6.56. The van der Waals surface area contributed by atoms with E-state index in [2.05, 4.69) is 15.9 Å². The molecule has 1 fully saturated rings. The first-order valence-corrected chi connectivity index (χ1v) is 6.85. The summed E-state index contributed by atoms with van der Waals surface area (Å²) in [5.41, 5.74) is 1.04. The Labute approximate surface area is 104 Å². The van der Waals surface area contributed by atoms with Gasteiger partial charge in [-0.15, -0.1) is 0 Å². The van der Waals surface area contributed by atoms with Crippen molar-refractivity contribution < 1.29 is 9.13 Å². The Hall–Kier alpha value is -0.410. The minimum atomic E-state index is -0.198. The van der Waals surface area contributed by atoms with Crippen LogP contribution in [0.15, 0.2) is 24.3 Å². The lowest BCUT2D eigenvalue weighted by Gasteiger charge is -2.27. The van der Waals surface area contributed by atoms with Gasteiger partial charge >= 0.3 is 0 Å². The van der Waals surface area contributed by atoms with Crippen LogP contribution >= 0.6 is 15.9 Å². The monoisotopic (exact) mass is 286 g/mol. The highest BCUT2D eigenvalue weighted by atomic mass is 79.9. The van der Waals surface area contributed by atoms with E-state index in [0.29, 0.717) is 0 Å². The number of hydrogen-bond acceptors (Lipinski definition) is 1. The highest BCUT2D eigenvalue weighted by Crippen LogP contribution is 2.29. The molecule has 1 aliphatic carbocycles. The van der Waals surface area contributed by atoms with Gasteiger partial charge in [0.1, 0.15) is 5.82 Å². The van der Waals surface area contributed by atoms with Crippen molar-refractivity contribution in [3.8, 4) is 0 Å². The van der Waals surface area contributed by atoms with Crippen LogP contribution < -0.4 is 0 Å². The van der Waals surface area contributed by atoms with Gasteiger partial charge < -0.3 is 4.74 Å². The van der Waals surface area contributed by atoms with Gasteiger partial charge in [-0.05, 0) is 36.5 Å². The molecule has 0 bridgehead atoms. The van der Waals surface area contributed by atoms with Crippen LogP contribution in [0.3, 0.4) is 0 Å². The first-order valence-electron chi connectivity index (χ1n) is 5.72. The van der Waals surface area contributed by atoms with Crippen LogP contribution in [-0.4, -0.2) is 11.9 Å². The minimum absolute atomic E-state index is 0.0428. The summed E-state index contributed by atoms with van der Waals surface area (Å²) >= 11 is 3.44. The van der Waals surface area contributed by atoms with E-state index >= 15 is 0 Å². The van der Waals surface area contributed by atoms with Crippen molar-refractivity contribution in [1.29, 1.82) is 0 Å². The van der Waals surface area contributed by atoms with Gasteiger partial charge in [0.05, 0.1) is 12.7 Å². The standard InChI is InChI=1S/C13H16BrFO/c14-8-13(16-9-10-2-1-3-10)11-4-6-12(15)7-5-11/h4-7,10,13H,1-3,8-9H2. The van der Waals surface area contributed by atoms with Crippen LogP contribution in [-0.2, 0) is 4.74 Å². The number of hydrogen-bond donors (Lipinski definition) is 0. The lowest BCUT2D eigenvalue weighted by Crippen LogP contribution is -2.20. The molecule has 0 aromatic heterocycles. The Morgan fingerprint density at radius 2 is 2.00 bits per heavy atom. The Kier molecular flexibility index (Phi) is 4.36. The maximum atomic E-state index is 12.8. The van der Waals surface area contributed by atoms with E-state index in [0.717, 1.165) is 23.4 Å². The highest BCUT2D eigenvalue weighted by molar-refractivity contribution is 9.09. The molecular formula is C13H16BrFO. The molecule has 0 radical (unpaired) electrons. The molecule has 0 saturated heterocycles. The maximum absolute atomic E-state index is 12.8. The second-order valence-corrected chi connectivity index (χ2v) is 4.97. The van der Waals surface area contributed by atoms with Crippen molar-refractivity contribution in [1.82, 2.24) is 0 Å². The second kappa shape index (κ2) is 5.78. The van der Waals surface area contributed by atoms with Gasteiger partial charge in [-0.1, -0.05) is 34.5 Å². The van der Waals surface area contributed by atoms with Gasteiger partial charge in [-0.25, -0.2) is 4.39 Å². The fourth-order valence-corrected chi connectivity index (χ4v) is 2.38. The quantitative estimate of drug-likeness (QED) is 0.741. The molecular weight excluding hydrogens is 271 g/mol. The molecule has 1 nitrogen and oxygen atoms in total. The smallest absolute Gasteiger partial charge is 0.123 e. The number of ether oxygens (including phenoxy) is 1. The van der Waals surface area contributed by atoms with Crippen molar-refractivity contribution in [2.45, 2.75) is 25.4 Å². The van der Waals surface area contributed by atoms with Crippen LogP contribution in [0, 0.1) is 11.7 Å². The van der Waals surface area contributed by atoms with Crippen molar-refractivity contribution in [3.63, 3.8) is 0 Å². The van der Waals surface area contributed by atoms with Crippen LogP contribution in [0.5, 0.6) is 0 Å². The molecule has 1 aliphatic rings. The molecule has 88 valence electrons. The fraction of sp³-hybridized carbons (Fsp3) is 0.538. The predicted molar refractivity (Wildman–Crippen MR) is 66.2 cm³/mol. The van der Waals surface area contributed by atoms with Gasteiger partial charge in [0.2, 0.25) is 0 Å². The molecule has 1 atom stereocenters. The van der Waals surface area contributed by atoms with E-state index in [9.17, 15) is 4.39 Å². The molecule has 0 spiro atoms. The third kappa shape index (κ3) is 3.05. The summed E-state index contributed by atoms with van der Waals surface area (Å²) < 4.78 is 18.6. The summed E-state index contributed by atoms with van der Waals surface area (Å²) in [5.74, 6) is 0.540. The van der Waals surface area contributed by atoms with E-state index in [1.807, 2.05) is 0 Å². The SMILES string of the molecule is Fc1ccc(C(CBr)OCC2CCC2)cc1. The lowest BCUT2D eigenvalue weighted by atomic mass is 9.86. The van der Waals surface area contributed by atoms with Crippen molar-refractivity contribution in [2.75, 3.05) is 11.9 Å². The van der Waals surface area contributed by atoms with Crippen LogP contribution in [0.2, 0.25) is 0 Å². The topological polar surface area (TPSA) is 9.23 Å². The molecule has 3 heteroatoms. The van der Waals surface area contributed by atoms with Crippen LogP contribution in [0.1, 0.15) is 30.9 Å². The van der Waals surface area contributed by atoms with Crippen LogP contribution in [0.4, 0.5) is 4.39 Å². The molecule has 1 aromatic carbocycles. The second-order valence-electron chi connectivity index (χ2n) is 4.32. The number of rotatable bonds is 5. The van der Waals surface area contributed by atoms with Gasteiger partial charge in [-0.3, -0.25) is 0 Å². The third-order valence-corrected chi connectivity index (χ3v) is 3.73. The normalized spacial score (nSPS) is 18.1.